The quantitative estimate of drug-likeness (QED) is 0.790. The molecule has 0 atom stereocenters. The molecule has 0 saturated carbocycles. The number of nitrogens with zero attached hydrogens (tertiary/aromatic N) is 3. The maximum Gasteiger partial charge on any atom is 0.183 e. The number of halogens is 2. The maximum absolute atomic E-state index is 13.1. The number of hydrogen-bond donors (Lipinski definition) is 0. The molecule has 0 amide bonds. The lowest BCUT2D eigenvalue weighted by Crippen LogP contribution is -1.84. The second-order valence-electron chi connectivity index (χ2n) is 2.22. The number of hydrogen-bond acceptors (Lipinski definition) is 4. The smallest absolute Gasteiger partial charge is 0.183 e. The Morgan fingerprint density at radius 3 is 2.85 bits per heavy atom. The van der Waals surface area contributed by atoms with Crippen LogP contribution in [-0.4, -0.2) is 15.2 Å². The molecule has 0 aliphatic carbocycles. The maximum atomic E-state index is 13.1. The van der Waals surface area contributed by atoms with E-state index in [1.165, 1.54) is 17.5 Å². The Kier molecular flexibility index (Phi) is 2.32. The summed E-state index contributed by atoms with van der Waals surface area (Å²) in [7, 11) is 0. The highest BCUT2D eigenvalue weighted by molar-refractivity contribution is 9.11. The third kappa shape index (κ3) is 1.73. The molecule has 0 fully saturated rings. The summed E-state index contributed by atoms with van der Waals surface area (Å²) < 4.78 is 13.8. The molecule has 0 spiro atoms. The van der Waals surface area contributed by atoms with E-state index in [4.69, 9.17) is 0 Å². The molecule has 0 bridgehead atoms. The van der Waals surface area contributed by atoms with Gasteiger partial charge in [-0.2, -0.15) is 0 Å². The summed E-state index contributed by atoms with van der Waals surface area (Å²) in [6.07, 6.45) is 2.68. The van der Waals surface area contributed by atoms with Crippen molar-refractivity contribution in [3.05, 3.63) is 28.2 Å². The molecule has 0 aliphatic rings. The molecular weight excluding hydrogens is 257 g/mol. The third-order valence-corrected chi connectivity index (χ3v) is 2.79. The van der Waals surface area contributed by atoms with Crippen LogP contribution in [0.5, 0.6) is 0 Å². The van der Waals surface area contributed by atoms with Gasteiger partial charge in [0.2, 0.25) is 0 Å². The molecule has 13 heavy (non-hydrogen) atoms. The average molecular weight is 260 g/mol. The van der Waals surface area contributed by atoms with Crippen LogP contribution >= 0.6 is 27.3 Å². The Balaban J connectivity index is 2.52. The normalized spacial score (nSPS) is 10.3. The molecule has 0 radical (unpaired) electrons. The molecule has 0 aliphatic heterocycles. The van der Waals surface area contributed by atoms with Crippen molar-refractivity contribution in [1.29, 1.82) is 0 Å². The zero-order valence-electron chi connectivity index (χ0n) is 6.24. The summed E-state index contributed by atoms with van der Waals surface area (Å²) in [6.45, 7) is 0. The highest BCUT2D eigenvalue weighted by atomic mass is 79.9. The van der Waals surface area contributed by atoms with Gasteiger partial charge in [-0.1, -0.05) is 11.3 Å². The lowest BCUT2D eigenvalue weighted by molar-refractivity contribution is 0.624. The van der Waals surface area contributed by atoms with Crippen LogP contribution < -0.4 is 0 Å². The number of pyridine rings is 1. The minimum absolute atomic E-state index is 0.383. The van der Waals surface area contributed by atoms with Crippen molar-refractivity contribution in [1.82, 2.24) is 15.2 Å². The van der Waals surface area contributed by atoms with Gasteiger partial charge in [-0.15, -0.1) is 10.2 Å². The first-order valence-corrected chi connectivity index (χ1v) is 4.97. The molecular formula is C7H3BrFN3S. The summed E-state index contributed by atoms with van der Waals surface area (Å²) in [4.78, 5) is 3.65. The van der Waals surface area contributed by atoms with Gasteiger partial charge >= 0.3 is 0 Å². The molecule has 2 heterocycles. The Morgan fingerprint density at radius 1 is 1.38 bits per heavy atom. The van der Waals surface area contributed by atoms with E-state index in [0.29, 0.717) is 14.5 Å². The van der Waals surface area contributed by atoms with Crippen LogP contribution in [0.15, 0.2) is 22.4 Å². The first kappa shape index (κ1) is 8.71. The topological polar surface area (TPSA) is 38.7 Å². The van der Waals surface area contributed by atoms with Crippen LogP contribution in [0, 0.1) is 5.82 Å². The molecule has 2 aromatic heterocycles. The van der Waals surface area contributed by atoms with E-state index in [-0.39, 0.29) is 5.82 Å². The van der Waals surface area contributed by atoms with Crippen molar-refractivity contribution in [2.24, 2.45) is 0 Å². The third-order valence-electron chi connectivity index (χ3n) is 1.40. The largest absolute Gasteiger partial charge is 0.262 e. The molecule has 2 aromatic rings. The second-order valence-corrected chi connectivity index (χ2v) is 4.47. The summed E-state index contributed by atoms with van der Waals surface area (Å²) in [6, 6.07) is 1.57. The highest BCUT2D eigenvalue weighted by Gasteiger charge is 2.09. The van der Waals surface area contributed by atoms with Crippen LogP contribution in [0.25, 0.3) is 10.6 Å². The van der Waals surface area contributed by atoms with E-state index < -0.39 is 0 Å². The van der Waals surface area contributed by atoms with E-state index in [0.717, 1.165) is 6.20 Å². The van der Waals surface area contributed by atoms with E-state index in [1.807, 2.05) is 0 Å². The van der Waals surface area contributed by atoms with Crippen molar-refractivity contribution < 1.29 is 4.39 Å². The Morgan fingerprint density at radius 2 is 2.23 bits per heavy atom. The zero-order chi connectivity index (χ0) is 9.26. The van der Waals surface area contributed by atoms with E-state index >= 15 is 0 Å². The highest BCUT2D eigenvalue weighted by Crippen LogP contribution is 2.27. The van der Waals surface area contributed by atoms with Crippen LogP contribution in [0.2, 0.25) is 0 Å². The molecule has 2 rings (SSSR count). The fraction of sp³-hybridized carbons (Fsp3) is 0. The summed E-state index contributed by atoms with van der Waals surface area (Å²) in [5, 5.41) is 8.08. The SMILES string of the molecule is Fc1cnccc1-c1nnc(Br)s1. The summed E-state index contributed by atoms with van der Waals surface area (Å²) >= 11 is 4.44. The lowest BCUT2D eigenvalue weighted by atomic mass is 10.3. The van der Waals surface area contributed by atoms with Gasteiger partial charge in [0, 0.05) is 6.20 Å². The minimum Gasteiger partial charge on any atom is -0.262 e. The van der Waals surface area contributed by atoms with Crippen LogP contribution in [-0.2, 0) is 0 Å². The molecule has 3 nitrogen and oxygen atoms in total. The Labute approximate surface area is 85.8 Å². The first-order chi connectivity index (χ1) is 6.27. The van der Waals surface area contributed by atoms with E-state index in [2.05, 4.69) is 31.1 Å². The zero-order valence-corrected chi connectivity index (χ0v) is 8.64. The molecule has 0 N–H and O–H groups in total. The van der Waals surface area contributed by atoms with Gasteiger partial charge in [-0.3, -0.25) is 4.98 Å². The summed E-state index contributed by atoms with van der Waals surface area (Å²) in [5.41, 5.74) is 0.429. The van der Waals surface area contributed by atoms with Gasteiger partial charge in [-0.05, 0) is 22.0 Å². The van der Waals surface area contributed by atoms with Crippen molar-refractivity contribution in [3.8, 4) is 10.6 Å². The lowest BCUT2D eigenvalue weighted by Gasteiger charge is -1.94. The van der Waals surface area contributed by atoms with Gasteiger partial charge in [-0.25, -0.2) is 4.39 Å². The molecule has 0 unspecified atom stereocenters. The van der Waals surface area contributed by atoms with Gasteiger partial charge in [0.1, 0.15) is 0 Å². The Bertz CT molecular complexity index is 431. The standard InChI is InChI=1S/C7H3BrFN3S/c8-7-12-11-6(13-7)4-1-2-10-3-5(4)9/h1-3H. The monoisotopic (exact) mass is 259 g/mol. The molecule has 66 valence electrons. The predicted molar refractivity (Wildman–Crippen MR) is 50.8 cm³/mol. The van der Waals surface area contributed by atoms with Crippen LogP contribution in [0.1, 0.15) is 0 Å². The van der Waals surface area contributed by atoms with Crippen molar-refractivity contribution in [3.63, 3.8) is 0 Å². The van der Waals surface area contributed by atoms with Crippen molar-refractivity contribution in [2.75, 3.05) is 0 Å². The predicted octanol–water partition coefficient (Wildman–Crippen LogP) is 2.50. The van der Waals surface area contributed by atoms with Crippen LogP contribution in [0.3, 0.4) is 0 Å². The van der Waals surface area contributed by atoms with Gasteiger partial charge in [0.15, 0.2) is 14.7 Å². The van der Waals surface area contributed by atoms with Gasteiger partial charge < -0.3 is 0 Å². The fourth-order valence-corrected chi connectivity index (χ4v) is 2.00. The second kappa shape index (κ2) is 3.47. The minimum atomic E-state index is -0.383. The summed E-state index contributed by atoms with van der Waals surface area (Å²) in [5.74, 6) is -0.383. The van der Waals surface area contributed by atoms with Gasteiger partial charge in [0.25, 0.3) is 0 Å². The molecule has 0 aromatic carbocycles. The van der Waals surface area contributed by atoms with Crippen LogP contribution in [0.4, 0.5) is 4.39 Å². The van der Waals surface area contributed by atoms with E-state index in [9.17, 15) is 4.39 Å². The Hall–Kier alpha value is -0.880. The molecule has 6 heteroatoms. The number of aromatic nitrogens is 3. The van der Waals surface area contributed by atoms with Crippen molar-refractivity contribution >= 4 is 27.3 Å². The van der Waals surface area contributed by atoms with E-state index in [1.54, 1.807) is 6.07 Å². The number of rotatable bonds is 1. The van der Waals surface area contributed by atoms with Gasteiger partial charge in [0.05, 0.1) is 11.8 Å². The average Bonchev–Trinajstić information content (AvgIpc) is 2.53. The first-order valence-electron chi connectivity index (χ1n) is 3.36. The fourth-order valence-electron chi connectivity index (χ4n) is 0.863. The molecule has 0 saturated heterocycles. The van der Waals surface area contributed by atoms with Crippen molar-refractivity contribution in [2.45, 2.75) is 0 Å².